The van der Waals surface area contributed by atoms with Gasteiger partial charge in [0.1, 0.15) is 0 Å². The Balaban J connectivity index is 1.40. The molecule has 2 aromatic rings. The molecule has 1 fully saturated rings. The number of nitrogens with zero attached hydrogens (tertiary/aromatic N) is 3. The van der Waals surface area contributed by atoms with Crippen LogP contribution in [0.25, 0.3) is 0 Å². The highest BCUT2D eigenvalue weighted by Gasteiger charge is 2.34. The molecule has 0 aromatic carbocycles. The van der Waals surface area contributed by atoms with E-state index in [1.54, 1.807) is 6.20 Å². The fourth-order valence-electron chi connectivity index (χ4n) is 3.23. The van der Waals surface area contributed by atoms with Gasteiger partial charge in [-0.05, 0) is 47.6 Å². The van der Waals surface area contributed by atoms with Crippen molar-refractivity contribution in [2.75, 3.05) is 6.54 Å². The molecular formula is C19H21N3O2. The Morgan fingerprint density at radius 3 is 2.92 bits per heavy atom. The van der Waals surface area contributed by atoms with E-state index < -0.39 is 0 Å². The van der Waals surface area contributed by atoms with E-state index in [0.29, 0.717) is 25.7 Å². The van der Waals surface area contributed by atoms with Gasteiger partial charge in [0.2, 0.25) is 5.91 Å². The normalized spacial score (nSPS) is 16.8. The van der Waals surface area contributed by atoms with Crippen LogP contribution < -0.4 is 0 Å². The Hall–Kier alpha value is -2.27. The second kappa shape index (κ2) is 6.69. The first kappa shape index (κ1) is 15.3. The van der Waals surface area contributed by atoms with Crippen molar-refractivity contribution in [2.45, 2.75) is 39.0 Å². The van der Waals surface area contributed by atoms with Crippen LogP contribution in [-0.2, 0) is 35.7 Å². The van der Waals surface area contributed by atoms with Crippen molar-refractivity contribution >= 4 is 5.91 Å². The van der Waals surface area contributed by atoms with Crippen molar-refractivity contribution in [1.29, 1.82) is 0 Å². The molecule has 1 saturated carbocycles. The molecule has 0 unspecified atom stereocenters. The lowest BCUT2D eigenvalue weighted by Gasteiger charge is -2.30. The van der Waals surface area contributed by atoms with Crippen molar-refractivity contribution in [2.24, 2.45) is 5.92 Å². The van der Waals surface area contributed by atoms with Gasteiger partial charge in [-0.25, -0.2) is 0 Å². The zero-order valence-electron chi connectivity index (χ0n) is 13.6. The molecule has 0 atom stereocenters. The van der Waals surface area contributed by atoms with Crippen LogP contribution in [0, 0.1) is 5.92 Å². The standard InChI is InChI=1S/C19H21N3O2/c23-19(15-3-4-15)22-7-5-18-16(11-22)9-21-10-17(18)13-24-12-14-2-1-6-20-8-14/h1-2,6,8-10,15H,3-5,7,11-13H2. The van der Waals surface area contributed by atoms with E-state index in [9.17, 15) is 4.79 Å². The summed E-state index contributed by atoms with van der Waals surface area (Å²) in [5, 5.41) is 0. The molecule has 1 amide bonds. The average molecular weight is 323 g/mol. The summed E-state index contributed by atoms with van der Waals surface area (Å²) < 4.78 is 5.83. The fraction of sp³-hybridized carbons (Fsp3) is 0.421. The van der Waals surface area contributed by atoms with Crippen LogP contribution >= 0.6 is 0 Å². The zero-order valence-corrected chi connectivity index (χ0v) is 13.6. The van der Waals surface area contributed by atoms with Crippen LogP contribution in [0.15, 0.2) is 36.9 Å². The number of hydrogen-bond donors (Lipinski definition) is 0. The van der Waals surface area contributed by atoms with Crippen LogP contribution in [0.5, 0.6) is 0 Å². The van der Waals surface area contributed by atoms with Crippen LogP contribution in [0.3, 0.4) is 0 Å². The molecule has 4 rings (SSSR count). The number of amides is 1. The maximum Gasteiger partial charge on any atom is 0.225 e. The van der Waals surface area contributed by atoms with Gasteiger partial charge in [0.25, 0.3) is 0 Å². The number of fused-ring (bicyclic) bond motifs is 1. The van der Waals surface area contributed by atoms with E-state index in [4.69, 9.17) is 4.74 Å². The van der Waals surface area contributed by atoms with Gasteiger partial charge >= 0.3 is 0 Å². The third kappa shape index (κ3) is 3.31. The predicted octanol–water partition coefficient (Wildman–Crippen LogP) is 2.49. The van der Waals surface area contributed by atoms with Gasteiger partial charge < -0.3 is 9.64 Å². The summed E-state index contributed by atoms with van der Waals surface area (Å²) >= 11 is 0. The molecule has 2 aliphatic rings. The van der Waals surface area contributed by atoms with E-state index in [2.05, 4.69) is 9.97 Å². The molecule has 1 aliphatic heterocycles. The first-order valence-electron chi connectivity index (χ1n) is 8.51. The van der Waals surface area contributed by atoms with Crippen molar-refractivity contribution in [1.82, 2.24) is 14.9 Å². The Morgan fingerprint density at radius 2 is 2.12 bits per heavy atom. The van der Waals surface area contributed by atoms with Crippen LogP contribution in [0.2, 0.25) is 0 Å². The minimum absolute atomic E-state index is 0.283. The molecule has 124 valence electrons. The highest BCUT2D eigenvalue weighted by Crippen LogP contribution is 2.33. The molecule has 1 aliphatic carbocycles. The van der Waals surface area contributed by atoms with Gasteiger partial charge in [-0.2, -0.15) is 0 Å². The Morgan fingerprint density at radius 1 is 1.21 bits per heavy atom. The van der Waals surface area contributed by atoms with Gasteiger partial charge in [0.15, 0.2) is 0 Å². The molecule has 3 heterocycles. The van der Waals surface area contributed by atoms with E-state index >= 15 is 0 Å². The topological polar surface area (TPSA) is 55.3 Å². The quantitative estimate of drug-likeness (QED) is 0.848. The van der Waals surface area contributed by atoms with Crippen LogP contribution in [-0.4, -0.2) is 27.3 Å². The molecule has 24 heavy (non-hydrogen) atoms. The van der Waals surface area contributed by atoms with Crippen molar-refractivity contribution in [3.05, 3.63) is 59.2 Å². The van der Waals surface area contributed by atoms with Crippen LogP contribution in [0.4, 0.5) is 0 Å². The zero-order chi connectivity index (χ0) is 16.4. The summed E-state index contributed by atoms with van der Waals surface area (Å²) in [5.41, 5.74) is 4.67. The monoisotopic (exact) mass is 323 g/mol. The van der Waals surface area contributed by atoms with Gasteiger partial charge in [0, 0.05) is 43.8 Å². The summed E-state index contributed by atoms with van der Waals surface area (Å²) in [4.78, 5) is 22.7. The fourth-order valence-corrected chi connectivity index (χ4v) is 3.23. The summed E-state index contributed by atoms with van der Waals surface area (Å²) in [5.74, 6) is 0.601. The number of pyridine rings is 2. The van der Waals surface area contributed by atoms with E-state index in [1.165, 1.54) is 5.56 Å². The van der Waals surface area contributed by atoms with Crippen molar-refractivity contribution in [3.8, 4) is 0 Å². The number of ether oxygens (including phenoxy) is 1. The maximum absolute atomic E-state index is 12.3. The molecule has 0 N–H and O–H groups in total. The third-order valence-corrected chi connectivity index (χ3v) is 4.72. The lowest BCUT2D eigenvalue weighted by molar-refractivity contribution is -0.133. The molecule has 0 saturated heterocycles. The summed E-state index contributed by atoms with van der Waals surface area (Å²) in [6, 6.07) is 3.92. The molecule has 0 bridgehead atoms. The Kier molecular flexibility index (Phi) is 4.26. The second-order valence-electron chi connectivity index (χ2n) is 6.57. The van der Waals surface area contributed by atoms with E-state index in [-0.39, 0.29) is 5.92 Å². The summed E-state index contributed by atoms with van der Waals surface area (Å²) in [6.45, 7) is 2.58. The molecule has 5 nitrogen and oxygen atoms in total. The number of rotatable bonds is 5. The number of carbonyl (C=O) groups excluding carboxylic acids is 1. The van der Waals surface area contributed by atoms with E-state index in [1.807, 2.05) is 35.6 Å². The Labute approximate surface area is 141 Å². The predicted molar refractivity (Wildman–Crippen MR) is 88.8 cm³/mol. The largest absolute Gasteiger partial charge is 0.372 e. The molecule has 2 aromatic heterocycles. The molecular weight excluding hydrogens is 302 g/mol. The first-order valence-corrected chi connectivity index (χ1v) is 8.51. The number of carbonyl (C=O) groups is 1. The van der Waals surface area contributed by atoms with Gasteiger partial charge in [-0.3, -0.25) is 14.8 Å². The Bertz CT molecular complexity index is 729. The highest BCUT2D eigenvalue weighted by molar-refractivity contribution is 5.81. The summed E-state index contributed by atoms with van der Waals surface area (Å²) in [6.07, 6.45) is 10.4. The molecule has 0 radical (unpaired) electrons. The third-order valence-electron chi connectivity index (χ3n) is 4.72. The van der Waals surface area contributed by atoms with Gasteiger partial charge in [0.05, 0.1) is 13.2 Å². The SMILES string of the molecule is O=C(C1CC1)N1CCc2c(COCc3cccnc3)cncc2C1. The van der Waals surface area contributed by atoms with Crippen LogP contribution in [0.1, 0.15) is 35.1 Å². The van der Waals surface area contributed by atoms with Crippen molar-refractivity contribution < 1.29 is 9.53 Å². The smallest absolute Gasteiger partial charge is 0.225 e. The van der Waals surface area contributed by atoms with Crippen molar-refractivity contribution in [3.63, 3.8) is 0 Å². The van der Waals surface area contributed by atoms with Gasteiger partial charge in [-0.1, -0.05) is 6.07 Å². The lowest BCUT2D eigenvalue weighted by atomic mass is 9.97. The number of hydrogen-bond acceptors (Lipinski definition) is 4. The maximum atomic E-state index is 12.3. The summed E-state index contributed by atoms with van der Waals surface area (Å²) in [7, 11) is 0. The van der Waals surface area contributed by atoms with Gasteiger partial charge in [-0.15, -0.1) is 0 Å². The molecule has 0 spiro atoms. The average Bonchev–Trinajstić information content (AvgIpc) is 3.47. The lowest BCUT2D eigenvalue weighted by Crippen LogP contribution is -2.37. The van der Waals surface area contributed by atoms with E-state index in [0.717, 1.165) is 42.5 Å². The molecule has 5 heteroatoms. The minimum atomic E-state index is 0.283. The first-order chi connectivity index (χ1) is 11.8. The number of aromatic nitrogens is 2. The second-order valence-corrected chi connectivity index (χ2v) is 6.57. The highest BCUT2D eigenvalue weighted by atomic mass is 16.5. The minimum Gasteiger partial charge on any atom is -0.372 e.